The summed E-state index contributed by atoms with van der Waals surface area (Å²) in [6, 6.07) is 6.35. The maximum Gasteiger partial charge on any atom is 0.417 e. The average molecular weight is 629 g/mol. The molecule has 0 aliphatic heterocycles. The predicted octanol–water partition coefficient (Wildman–Crippen LogP) is 6.96. The van der Waals surface area contributed by atoms with Gasteiger partial charge in [0, 0.05) is 41.1 Å². The van der Waals surface area contributed by atoms with Crippen molar-refractivity contribution in [1.82, 2.24) is 9.97 Å². The molecule has 0 radical (unpaired) electrons. The van der Waals surface area contributed by atoms with Crippen molar-refractivity contribution < 1.29 is 41.7 Å². The molecule has 0 saturated heterocycles. The van der Waals surface area contributed by atoms with Crippen molar-refractivity contribution in [1.29, 1.82) is 0 Å². The first-order chi connectivity index (χ1) is 21.0. The van der Waals surface area contributed by atoms with Crippen LogP contribution in [0.25, 0.3) is 11.1 Å². The van der Waals surface area contributed by atoms with E-state index in [1.807, 2.05) is 20.8 Å². The quantitative estimate of drug-likeness (QED) is 0.213. The molecule has 0 amide bonds. The van der Waals surface area contributed by atoms with E-state index in [2.05, 4.69) is 9.97 Å². The number of benzene rings is 1. The van der Waals surface area contributed by atoms with Crippen LogP contribution in [0.4, 0.5) is 17.6 Å². The molecule has 2 heterocycles. The summed E-state index contributed by atoms with van der Waals surface area (Å²) in [4.78, 5) is 21.2. The van der Waals surface area contributed by atoms with Crippen molar-refractivity contribution in [2.24, 2.45) is 17.8 Å². The molecule has 3 aliphatic carbocycles. The largest absolute Gasteiger partial charge is 0.477 e. The zero-order chi connectivity index (χ0) is 32.5. The molecule has 11 heteroatoms. The van der Waals surface area contributed by atoms with Crippen LogP contribution in [0.15, 0.2) is 36.5 Å². The number of nitrogens with zero attached hydrogens (tertiary/aromatic N) is 2. The van der Waals surface area contributed by atoms with Gasteiger partial charge < -0.3 is 19.3 Å². The summed E-state index contributed by atoms with van der Waals surface area (Å²) in [6.07, 6.45) is -1.28. The molecule has 3 aliphatic rings. The number of aliphatic hydroxyl groups is 1. The van der Waals surface area contributed by atoms with E-state index in [9.17, 15) is 23.1 Å². The molecular formula is C34H36F4N2O5. The van der Waals surface area contributed by atoms with Crippen LogP contribution in [0, 0.1) is 30.5 Å². The van der Waals surface area contributed by atoms with Gasteiger partial charge in [-0.05, 0) is 101 Å². The summed E-state index contributed by atoms with van der Waals surface area (Å²) < 4.78 is 74.2. The van der Waals surface area contributed by atoms with Crippen LogP contribution in [-0.4, -0.2) is 38.9 Å². The summed E-state index contributed by atoms with van der Waals surface area (Å²) >= 11 is 0. The fourth-order valence-corrected chi connectivity index (χ4v) is 6.78. The van der Waals surface area contributed by atoms with E-state index in [0.29, 0.717) is 37.6 Å². The molecule has 0 unspecified atom stereocenters. The Kier molecular flexibility index (Phi) is 7.61. The number of esters is 1. The summed E-state index contributed by atoms with van der Waals surface area (Å²) in [7, 11) is 0. The second kappa shape index (κ2) is 11.0. The van der Waals surface area contributed by atoms with Crippen LogP contribution in [0.5, 0.6) is 11.8 Å². The number of hydrogen-bond donors (Lipinski definition) is 1. The zero-order valence-corrected chi connectivity index (χ0v) is 25.8. The molecule has 6 rings (SSSR count). The topological polar surface area (TPSA) is 90.8 Å². The molecule has 1 N–H and O–H groups in total. The van der Waals surface area contributed by atoms with Crippen LogP contribution in [0.2, 0.25) is 0 Å². The number of pyridine rings is 2. The third-order valence-corrected chi connectivity index (χ3v) is 8.80. The second-order valence-corrected chi connectivity index (χ2v) is 13.8. The van der Waals surface area contributed by atoms with Gasteiger partial charge in [-0.3, -0.25) is 4.79 Å². The van der Waals surface area contributed by atoms with Crippen LogP contribution in [0.1, 0.15) is 74.4 Å². The molecule has 0 spiro atoms. The Bertz CT molecular complexity index is 1640. The summed E-state index contributed by atoms with van der Waals surface area (Å²) in [5.41, 5.74) is -0.229. The van der Waals surface area contributed by atoms with E-state index in [1.54, 1.807) is 26.1 Å². The van der Waals surface area contributed by atoms with Gasteiger partial charge in [-0.2, -0.15) is 13.2 Å². The SMILES string of the molecule is Cc1nc(OCC2CC(C)(O)C2)ccc1-c1cc(COc2cc3c(cn2)[C@H]2[C@@H](C3)[C@@H]2C(=O)OC(C)(C)C)c(F)cc1C(F)(F)F. The molecule has 2 fully saturated rings. The maximum absolute atomic E-state index is 15.0. The standard InChI is InChI=1S/C34H36F4N2O5/c1-17-21(6-7-27(40-17)43-15-18-12-33(5,42)13-18)22-9-20(26(35)11-25(22)34(36,37)38)16-44-28-10-19-8-23-29(24(19)14-39-28)30(23)31(41)45-32(2,3)4/h6-7,9-11,14,18,23,29-30,42H,8,12-13,15-16H2,1-5H3/t18?,23-,29-,30+,33?/m1/s1. The highest BCUT2D eigenvalue weighted by atomic mass is 19.4. The van der Waals surface area contributed by atoms with Crippen molar-refractivity contribution in [2.45, 2.75) is 83.8 Å². The van der Waals surface area contributed by atoms with Gasteiger partial charge in [0.05, 0.1) is 23.7 Å². The number of carbonyl (C=O) groups excluding carboxylic acids is 1. The van der Waals surface area contributed by atoms with Gasteiger partial charge in [0.15, 0.2) is 0 Å². The molecule has 3 atom stereocenters. The molecule has 2 aromatic heterocycles. The molecule has 1 aromatic carbocycles. The summed E-state index contributed by atoms with van der Waals surface area (Å²) in [5.74, 6) is -0.595. The number of halogens is 4. The third-order valence-electron chi connectivity index (χ3n) is 8.80. The van der Waals surface area contributed by atoms with E-state index >= 15 is 4.39 Å². The number of carbonyl (C=O) groups is 1. The lowest BCUT2D eigenvalue weighted by Crippen LogP contribution is -2.43. The van der Waals surface area contributed by atoms with Gasteiger partial charge in [-0.1, -0.05) is 0 Å². The van der Waals surface area contributed by atoms with Crippen LogP contribution in [0.3, 0.4) is 0 Å². The van der Waals surface area contributed by atoms with E-state index in [1.165, 1.54) is 12.1 Å². The van der Waals surface area contributed by atoms with Gasteiger partial charge in [-0.25, -0.2) is 14.4 Å². The molecule has 2 saturated carbocycles. The Hall–Kier alpha value is -3.73. The van der Waals surface area contributed by atoms with Crippen molar-refractivity contribution in [2.75, 3.05) is 6.61 Å². The summed E-state index contributed by atoms with van der Waals surface area (Å²) in [5, 5.41) is 9.91. The first kappa shape index (κ1) is 31.3. The second-order valence-electron chi connectivity index (χ2n) is 13.8. The summed E-state index contributed by atoms with van der Waals surface area (Å²) in [6.45, 7) is 8.83. The van der Waals surface area contributed by atoms with Crippen LogP contribution >= 0.6 is 0 Å². The van der Waals surface area contributed by atoms with E-state index in [4.69, 9.17) is 14.2 Å². The first-order valence-electron chi connectivity index (χ1n) is 15.1. The van der Waals surface area contributed by atoms with E-state index in [0.717, 1.165) is 17.2 Å². The fraction of sp³-hybridized carbons (Fsp3) is 0.500. The van der Waals surface area contributed by atoms with Crippen molar-refractivity contribution in [3.8, 4) is 22.9 Å². The molecule has 3 aromatic rings. The average Bonchev–Trinajstić information content (AvgIpc) is 3.50. The van der Waals surface area contributed by atoms with Gasteiger partial charge in [0.1, 0.15) is 18.0 Å². The molecule has 7 nitrogen and oxygen atoms in total. The minimum Gasteiger partial charge on any atom is -0.477 e. The number of rotatable bonds is 8. The van der Waals surface area contributed by atoms with Gasteiger partial charge in [-0.15, -0.1) is 0 Å². The molecular weight excluding hydrogens is 592 g/mol. The predicted molar refractivity (Wildman–Crippen MR) is 156 cm³/mol. The third kappa shape index (κ3) is 6.50. The number of aryl methyl sites for hydroxylation is 1. The number of alkyl halides is 3. The number of hydrogen-bond acceptors (Lipinski definition) is 7. The van der Waals surface area contributed by atoms with Crippen molar-refractivity contribution >= 4 is 5.97 Å². The highest BCUT2D eigenvalue weighted by Gasteiger charge is 2.61. The van der Waals surface area contributed by atoms with Gasteiger partial charge >= 0.3 is 12.1 Å². The Morgan fingerprint density at radius 2 is 1.80 bits per heavy atom. The Morgan fingerprint density at radius 1 is 1.07 bits per heavy atom. The monoisotopic (exact) mass is 628 g/mol. The van der Waals surface area contributed by atoms with E-state index in [-0.39, 0.29) is 64.7 Å². The van der Waals surface area contributed by atoms with Crippen LogP contribution < -0.4 is 9.47 Å². The smallest absolute Gasteiger partial charge is 0.417 e. The number of fused-ring (bicyclic) bond motifs is 3. The van der Waals surface area contributed by atoms with Gasteiger partial charge in [0.25, 0.3) is 0 Å². The molecule has 0 bridgehead atoms. The zero-order valence-electron chi connectivity index (χ0n) is 25.8. The maximum atomic E-state index is 15.0. The normalized spacial score (nSPS) is 25.2. The van der Waals surface area contributed by atoms with Crippen molar-refractivity contribution in [3.63, 3.8) is 0 Å². The lowest BCUT2D eigenvalue weighted by molar-refractivity contribution is -0.157. The number of aromatic nitrogens is 2. The Morgan fingerprint density at radius 3 is 2.44 bits per heavy atom. The highest BCUT2D eigenvalue weighted by Crippen LogP contribution is 2.62. The van der Waals surface area contributed by atoms with Crippen molar-refractivity contribution in [3.05, 3.63) is 70.3 Å². The van der Waals surface area contributed by atoms with Crippen LogP contribution in [-0.2, 0) is 28.7 Å². The Labute approximate surface area is 258 Å². The fourth-order valence-electron chi connectivity index (χ4n) is 6.78. The Balaban J connectivity index is 1.17. The lowest BCUT2D eigenvalue weighted by atomic mass is 9.73. The molecule has 45 heavy (non-hydrogen) atoms. The van der Waals surface area contributed by atoms with E-state index < -0.39 is 28.8 Å². The first-order valence-corrected chi connectivity index (χ1v) is 15.1. The lowest BCUT2D eigenvalue weighted by Gasteiger charge is -2.40. The minimum atomic E-state index is -4.81. The molecule has 240 valence electrons. The highest BCUT2D eigenvalue weighted by molar-refractivity contribution is 5.80. The minimum absolute atomic E-state index is 0.0505. The van der Waals surface area contributed by atoms with Gasteiger partial charge in [0.2, 0.25) is 11.8 Å². The number of ether oxygens (including phenoxy) is 3.